The van der Waals surface area contributed by atoms with E-state index in [9.17, 15) is 0 Å². The molecule has 2 heterocycles. The number of rotatable bonds is 9. The molecule has 2 heteroatoms. The van der Waals surface area contributed by atoms with E-state index < -0.39 is 0 Å². The molecule has 0 fully saturated rings. The maximum Gasteiger partial charge on any atom is 0.0715 e. The Morgan fingerprint density at radius 2 is 0.887 bits per heavy atom. The van der Waals surface area contributed by atoms with E-state index >= 15 is 0 Å². The van der Waals surface area contributed by atoms with Crippen molar-refractivity contribution < 1.29 is 0 Å². The molecule has 0 atom stereocenters. The second-order valence-corrected chi connectivity index (χ2v) is 18.2. The van der Waals surface area contributed by atoms with E-state index in [1.54, 1.807) is 0 Å². The summed E-state index contributed by atoms with van der Waals surface area (Å²) in [6.07, 6.45) is 11.8. The highest BCUT2D eigenvalue weighted by Gasteiger charge is 2.16. The molecule has 2 nitrogen and oxygen atoms in total. The topological polar surface area (TPSA) is 25.8 Å². The van der Waals surface area contributed by atoms with Crippen LogP contribution in [0.4, 0.5) is 0 Å². The van der Waals surface area contributed by atoms with E-state index in [0.29, 0.717) is 0 Å². The van der Waals surface area contributed by atoms with Crippen molar-refractivity contribution in [1.29, 1.82) is 0 Å². The molecule has 0 radical (unpaired) electrons. The largest absolute Gasteiger partial charge is 0.248 e. The predicted octanol–water partition coefficient (Wildman–Crippen LogP) is 16.6. The molecule has 0 bridgehead atoms. The summed E-state index contributed by atoms with van der Waals surface area (Å²) in [4.78, 5) is 10.7. The molecule has 0 saturated carbocycles. The fourth-order valence-electron chi connectivity index (χ4n) is 9.97. The number of aromatic nitrogens is 2. The van der Waals surface area contributed by atoms with Gasteiger partial charge in [0.25, 0.3) is 0 Å². The van der Waals surface area contributed by atoms with Gasteiger partial charge < -0.3 is 0 Å². The normalized spacial score (nSPS) is 13.2. The molecule has 0 saturated heterocycles. The van der Waals surface area contributed by atoms with Crippen LogP contribution in [0, 0.1) is 0 Å². The lowest BCUT2D eigenvalue weighted by Gasteiger charge is -2.15. The third-order valence-corrected chi connectivity index (χ3v) is 13.6. The molecule has 11 aromatic rings. The first-order valence-corrected chi connectivity index (χ1v) is 24.3. The molecule has 0 unspecified atom stereocenters. The predicted molar refractivity (Wildman–Crippen MR) is 301 cm³/mol. The molecule has 1 aliphatic rings. The minimum absolute atomic E-state index is 0.856. The van der Waals surface area contributed by atoms with Crippen LogP contribution in [0.25, 0.3) is 118 Å². The van der Waals surface area contributed by atoms with Crippen molar-refractivity contribution in [3.63, 3.8) is 0 Å². The minimum atomic E-state index is 0.856. The Morgan fingerprint density at radius 1 is 0.380 bits per heavy atom. The maximum absolute atomic E-state index is 5.37. The molecule has 12 rings (SSSR count). The lowest BCUT2D eigenvalue weighted by atomic mass is 9.91. The van der Waals surface area contributed by atoms with Crippen molar-refractivity contribution >= 4 is 39.8 Å². The third kappa shape index (κ3) is 8.87. The summed E-state index contributed by atoms with van der Waals surface area (Å²) in [5, 5.41) is 7.09. The Morgan fingerprint density at radius 3 is 1.54 bits per heavy atom. The number of hydrogen-bond acceptors (Lipinski definition) is 2. The minimum Gasteiger partial charge on any atom is -0.248 e. The van der Waals surface area contributed by atoms with Gasteiger partial charge in [0.1, 0.15) is 0 Å². The number of nitrogens with zero attached hydrogens (tertiary/aromatic N) is 2. The van der Waals surface area contributed by atoms with Gasteiger partial charge in [0.15, 0.2) is 0 Å². The SMILES string of the molecule is C=c1cccc/c1=C/C(=C1\C=CC=CC1)c1cccc(-c2cc(-c3cccc(-c4cc(-c5ccccc5)nc(-c5cccc(-c6cc7ccccc7c7ccccc67)c5)c4)c3)cc(-c3ccccc3)n2)c1. The molecule has 2 aromatic heterocycles. The number of pyridine rings is 2. The van der Waals surface area contributed by atoms with Crippen LogP contribution < -0.4 is 10.4 Å². The molecule has 9 aromatic carbocycles. The zero-order chi connectivity index (χ0) is 47.5. The van der Waals surface area contributed by atoms with Gasteiger partial charge in [-0.15, -0.1) is 0 Å². The van der Waals surface area contributed by atoms with Crippen molar-refractivity contribution in [3.05, 3.63) is 282 Å². The van der Waals surface area contributed by atoms with Crippen LogP contribution in [0.3, 0.4) is 0 Å². The standard InChI is InChI=1S/C69H48N2/c1-47-20-11-12-27-51(47)41-64(48-21-5-2-6-22-48)54-31-18-33-57(39-54)68-45-59(43-66(70-68)49-23-7-3-8-24-49)52-29-17-30-53(38-52)60-44-67(50-25-9-4-10-26-50)71-69(46-60)58-34-19-32-55(40-58)65-42-56-28-13-14-35-61(56)62-36-15-16-37-63(62)65/h2-21,23-46H,1,22H2/b51-41-,64-48-. The molecular formula is C69H48N2. The van der Waals surface area contributed by atoms with Crippen LogP contribution >= 0.6 is 0 Å². The van der Waals surface area contributed by atoms with Crippen LogP contribution in [-0.4, -0.2) is 9.97 Å². The van der Waals surface area contributed by atoms with Crippen LogP contribution in [-0.2, 0) is 0 Å². The van der Waals surface area contributed by atoms with Gasteiger partial charge in [0.05, 0.1) is 22.8 Å². The van der Waals surface area contributed by atoms with Gasteiger partial charge in [0.2, 0.25) is 0 Å². The summed E-state index contributed by atoms with van der Waals surface area (Å²) >= 11 is 0. The summed E-state index contributed by atoms with van der Waals surface area (Å²) in [5.41, 5.74) is 18.2. The summed E-state index contributed by atoms with van der Waals surface area (Å²) in [5.74, 6) is 0. The van der Waals surface area contributed by atoms with Crippen molar-refractivity contribution in [3.8, 4) is 78.4 Å². The second kappa shape index (κ2) is 19.0. The van der Waals surface area contributed by atoms with Gasteiger partial charge in [-0.05, 0) is 143 Å². The second-order valence-electron chi connectivity index (χ2n) is 18.2. The highest BCUT2D eigenvalue weighted by atomic mass is 14.7. The highest BCUT2D eigenvalue weighted by molar-refractivity contribution is 6.14. The molecule has 0 aliphatic heterocycles. The van der Waals surface area contributed by atoms with Gasteiger partial charge >= 0.3 is 0 Å². The summed E-state index contributed by atoms with van der Waals surface area (Å²) in [6.45, 7) is 4.35. The zero-order valence-electron chi connectivity index (χ0n) is 39.2. The molecule has 334 valence electrons. The van der Waals surface area contributed by atoms with Gasteiger partial charge in [-0.2, -0.15) is 0 Å². The molecule has 1 aliphatic carbocycles. The van der Waals surface area contributed by atoms with Crippen LogP contribution in [0.5, 0.6) is 0 Å². The van der Waals surface area contributed by atoms with E-state index in [1.165, 1.54) is 38.3 Å². The van der Waals surface area contributed by atoms with Crippen molar-refractivity contribution in [2.75, 3.05) is 0 Å². The smallest absolute Gasteiger partial charge is 0.0715 e. The van der Waals surface area contributed by atoms with Gasteiger partial charge in [-0.25, -0.2) is 9.97 Å². The van der Waals surface area contributed by atoms with Crippen LogP contribution in [0.2, 0.25) is 0 Å². The third-order valence-electron chi connectivity index (χ3n) is 13.6. The lowest BCUT2D eigenvalue weighted by molar-refractivity contribution is 1.27. The fraction of sp³-hybridized carbons (Fsp3) is 0.0145. The Kier molecular flexibility index (Phi) is 11.5. The zero-order valence-corrected chi connectivity index (χ0v) is 39.2. The monoisotopic (exact) mass is 904 g/mol. The Labute approximate surface area is 415 Å². The van der Waals surface area contributed by atoms with Crippen LogP contribution in [0.15, 0.2) is 266 Å². The lowest BCUT2D eigenvalue weighted by Crippen LogP contribution is -2.22. The summed E-state index contributed by atoms with van der Waals surface area (Å²) in [6, 6.07) is 84.6. The van der Waals surface area contributed by atoms with E-state index in [-0.39, 0.29) is 0 Å². The maximum atomic E-state index is 5.37. The Hall–Kier alpha value is -9.24. The first-order chi connectivity index (χ1) is 35.1. The molecule has 71 heavy (non-hydrogen) atoms. The quantitative estimate of drug-likeness (QED) is 0.135. The number of allylic oxidation sites excluding steroid dienone is 6. The molecule has 0 spiro atoms. The first-order valence-electron chi connectivity index (χ1n) is 24.3. The van der Waals surface area contributed by atoms with Crippen molar-refractivity contribution in [2.24, 2.45) is 0 Å². The number of hydrogen-bond donors (Lipinski definition) is 0. The summed E-state index contributed by atoms with van der Waals surface area (Å²) < 4.78 is 0. The Balaban J connectivity index is 0.974. The average Bonchev–Trinajstić information content (AvgIpc) is 3.45. The van der Waals surface area contributed by atoms with Crippen molar-refractivity contribution in [1.82, 2.24) is 9.97 Å². The molecular weight excluding hydrogens is 857 g/mol. The number of benzene rings is 9. The Bertz CT molecular complexity index is 4030. The number of fused-ring (bicyclic) bond motifs is 3. The van der Waals surface area contributed by atoms with E-state index in [0.717, 1.165) is 95.3 Å². The molecule has 0 amide bonds. The van der Waals surface area contributed by atoms with E-state index in [4.69, 9.17) is 9.97 Å². The first kappa shape index (κ1) is 43.1. The van der Waals surface area contributed by atoms with Crippen LogP contribution in [0.1, 0.15) is 12.0 Å². The van der Waals surface area contributed by atoms with E-state index in [1.807, 2.05) is 6.07 Å². The average molecular weight is 905 g/mol. The van der Waals surface area contributed by atoms with Gasteiger partial charge in [0, 0.05) is 22.3 Å². The van der Waals surface area contributed by atoms with E-state index in [2.05, 4.69) is 267 Å². The fourth-order valence-corrected chi connectivity index (χ4v) is 9.97. The van der Waals surface area contributed by atoms with Gasteiger partial charge in [-0.1, -0.05) is 219 Å². The highest BCUT2D eigenvalue weighted by Crippen LogP contribution is 2.39. The van der Waals surface area contributed by atoms with Gasteiger partial charge in [-0.3, -0.25) is 0 Å². The van der Waals surface area contributed by atoms with Crippen molar-refractivity contribution in [2.45, 2.75) is 6.42 Å². The molecule has 0 N–H and O–H groups in total. The summed E-state index contributed by atoms with van der Waals surface area (Å²) in [7, 11) is 0.